The van der Waals surface area contributed by atoms with Gasteiger partial charge >= 0.3 is 0 Å². The normalized spacial score (nSPS) is 16.3. The molecule has 1 heterocycles. The van der Waals surface area contributed by atoms with Gasteiger partial charge in [0.1, 0.15) is 5.82 Å². The number of nitrogen functional groups attached to an aromatic ring is 1. The van der Waals surface area contributed by atoms with Crippen LogP contribution in [0.2, 0.25) is 0 Å². The molecule has 0 aliphatic heterocycles. The third-order valence-corrected chi connectivity index (χ3v) is 3.20. The van der Waals surface area contributed by atoms with Crippen molar-refractivity contribution in [2.75, 3.05) is 5.73 Å². The van der Waals surface area contributed by atoms with E-state index in [-0.39, 0.29) is 11.8 Å². The van der Waals surface area contributed by atoms with E-state index >= 15 is 0 Å². The minimum Gasteiger partial charge on any atom is -0.368 e. The lowest BCUT2D eigenvalue weighted by molar-refractivity contribution is 0.414. The summed E-state index contributed by atoms with van der Waals surface area (Å²) >= 11 is 0. The molecule has 3 nitrogen and oxygen atoms in total. The number of hydrogen-bond donors (Lipinski definition) is 1. The molecule has 0 radical (unpaired) electrons. The number of nitrogens with two attached hydrogens (primary N) is 1. The second-order valence-electron chi connectivity index (χ2n) is 4.26. The van der Waals surface area contributed by atoms with Crippen molar-refractivity contribution in [2.45, 2.75) is 25.2 Å². The number of benzene rings is 1. The van der Waals surface area contributed by atoms with Gasteiger partial charge in [0, 0.05) is 11.3 Å². The van der Waals surface area contributed by atoms with Gasteiger partial charge in [-0.2, -0.15) is 0 Å². The Morgan fingerprint density at radius 3 is 2.75 bits per heavy atom. The molecule has 4 heteroatoms. The molecule has 1 fully saturated rings. The summed E-state index contributed by atoms with van der Waals surface area (Å²) in [4.78, 5) is 8.38. The summed E-state index contributed by atoms with van der Waals surface area (Å²) in [6.07, 6.45) is 3.44. The summed E-state index contributed by atoms with van der Waals surface area (Å²) < 4.78 is 13.2. The second kappa shape index (κ2) is 3.40. The SMILES string of the molecule is Nc1nc(C2CCC2)c2cc(F)ccc2n1. The van der Waals surface area contributed by atoms with Gasteiger partial charge in [-0.15, -0.1) is 0 Å². The topological polar surface area (TPSA) is 51.8 Å². The number of rotatable bonds is 1. The fraction of sp³-hybridized carbons (Fsp3) is 0.333. The highest BCUT2D eigenvalue weighted by atomic mass is 19.1. The van der Waals surface area contributed by atoms with E-state index in [9.17, 15) is 4.39 Å². The molecule has 0 unspecified atom stereocenters. The minimum absolute atomic E-state index is 0.249. The van der Waals surface area contributed by atoms with Gasteiger partial charge in [-0.05, 0) is 31.0 Å². The number of fused-ring (bicyclic) bond motifs is 1. The van der Waals surface area contributed by atoms with Crippen LogP contribution in [0.3, 0.4) is 0 Å². The van der Waals surface area contributed by atoms with E-state index in [4.69, 9.17) is 5.73 Å². The molecule has 0 amide bonds. The molecule has 82 valence electrons. The van der Waals surface area contributed by atoms with Gasteiger partial charge < -0.3 is 5.73 Å². The number of anilines is 1. The molecule has 0 bridgehead atoms. The maximum atomic E-state index is 13.2. The van der Waals surface area contributed by atoms with Crippen molar-refractivity contribution in [2.24, 2.45) is 0 Å². The van der Waals surface area contributed by atoms with E-state index in [0.29, 0.717) is 5.92 Å². The van der Waals surface area contributed by atoms with Crippen LogP contribution in [-0.2, 0) is 0 Å². The van der Waals surface area contributed by atoms with Gasteiger partial charge in [-0.1, -0.05) is 6.42 Å². The van der Waals surface area contributed by atoms with Gasteiger partial charge in [0.05, 0.1) is 11.2 Å². The van der Waals surface area contributed by atoms with Crippen LogP contribution in [0.5, 0.6) is 0 Å². The van der Waals surface area contributed by atoms with Crippen LogP contribution < -0.4 is 5.73 Å². The van der Waals surface area contributed by atoms with Crippen LogP contribution in [0, 0.1) is 5.82 Å². The maximum Gasteiger partial charge on any atom is 0.220 e. The molecule has 1 aromatic carbocycles. The molecule has 2 N–H and O–H groups in total. The fourth-order valence-electron chi connectivity index (χ4n) is 2.14. The highest BCUT2D eigenvalue weighted by Gasteiger charge is 2.23. The predicted octanol–water partition coefficient (Wildman–Crippen LogP) is 2.62. The zero-order valence-corrected chi connectivity index (χ0v) is 8.78. The molecule has 1 aromatic heterocycles. The summed E-state index contributed by atoms with van der Waals surface area (Å²) in [6.45, 7) is 0. The van der Waals surface area contributed by atoms with Gasteiger partial charge in [-0.3, -0.25) is 0 Å². The molecule has 0 spiro atoms. The Morgan fingerprint density at radius 1 is 1.25 bits per heavy atom. The van der Waals surface area contributed by atoms with Gasteiger partial charge in [0.15, 0.2) is 0 Å². The molecular formula is C12H12FN3. The summed E-state index contributed by atoms with van der Waals surface area (Å²) in [5.74, 6) is 0.456. The highest BCUT2D eigenvalue weighted by molar-refractivity contribution is 5.82. The minimum atomic E-state index is -0.249. The number of nitrogens with zero attached hydrogens (tertiary/aromatic N) is 2. The Bertz CT molecular complexity index is 549. The lowest BCUT2D eigenvalue weighted by atomic mass is 9.81. The Morgan fingerprint density at radius 2 is 2.06 bits per heavy atom. The largest absolute Gasteiger partial charge is 0.368 e. The van der Waals surface area contributed by atoms with E-state index in [1.807, 2.05) is 0 Å². The molecule has 2 aromatic rings. The molecule has 1 aliphatic carbocycles. The van der Waals surface area contributed by atoms with Crippen molar-refractivity contribution in [3.05, 3.63) is 29.7 Å². The van der Waals surface area contributed by atoms with Crippen LogP contribution in [-0.4, -0.2) is 9.97 Å². The summed E-state index contributed by atoms with van der Waals surface area (Å²) in [6, 6.07) is 4.56. The van der Waals surface area contributed by atoms with E-state index in [1.165, 1.54) is 18.6 Å². The Labute approximate surface area is 92.5 Å². The van der Waals surface area contributed by atoms with Crippen molar-refractivity contribution in [3.63, 3.8) is 0 Å². The smallest absolute Gasteiger partial charge is 0.220 e. The second-order valence-corrected chi connectivity index (χ2v) is 4.26. The first kappa shape index (κ1) is 9.51. The first-order valence-electron chi connectivity index (χ1n) is 5.47. The molecule has 3 rings (SSSR count). The number of aromatic nitrogens is 2. The Balaban J connectivity index is 2.26. The van der Waals surface area contributed by atoms with Crippen molar-refractivity contribution in [1.29, 1.82) is 0 Å². The van der Waals surface area contributed by atoms with E-state index in [0.717, 1.165) is 29.4 Å². The molecule has 1 saturated carbocycles. The van der Waals surface area contributed by atoms with Crippen molar-refractivity contribution >= 4 is 16.9 Å². The van der Waals surface area contributed by atoms with Gasteiger partial charge in [-0.25, -0.2) is 14.4 Å². The zero-order valence-electron chi connectivity index (χ0n) is 8.78. The molecule has 0 saturated heterocycles. The van der Waals surface area contributed by atoms with E-state index < -0.39 is 0 Å². The van der Waals surface area contributed by atoms with Crippen LogP contribution >= 0.6 is 0 Å². The highest BCUT2D eigenvalue weighted by Crippen LogP contribution is 2.38. The van der Waals surface area contributed by atoms with E-state index in [2.05, 4.69) is 9.97 Å². The molecule has 16 heavy (non-hydrogen) atoms. The fourth-order valence-corrected chi connectivity index (χ4v) is 2.14. The van der Waals surface area contributed by atoms with Crippen LogP contribution in [0.1, 0.15) is 30.9 Å². The van der Waals surface area contributed by atoms with Crippen molar-refractivity contribution < 1.29 is 4.39 Å². The van der Waals surface area contributed by atoms with Gasteiger partial charge in [0.2, 0.25) is 5.95 Å². The predicted molar refractivity (Wildman–Crippen MR) is 60.5 cm³/mol. The van der Waals surface area contributed by atoms with Gasteiger partial charge in [0.25, 0.3) is 0 Å². The average molecular weight is 217 g/mol. The third kappa shape index (κ3) is 1.41. The van der Waals surface area contributed by atoms with Crippen molar-refractivity contribution in [1.82, 2.24) is 9.97 Å². The number of hydrogen-bond acceptors (Lipinski definition) is 3. The third-order valence-electron chi connectivity index (χ3n) is 3.20. The van der Waals surface area contributed by atoms with Crippen LogP contribution in [0.25, 0.3) is 10.9 Å². The first-order valence-corrected chi connectivity index (χ1v) is 5.47. The quantitative estimate of drug-likeness (QED) is 0.798. The van der Waals surface area contributed by atoms with Crippen molar-refractivity contribution in [3.8, 4) is 0 Å². The zero-order chi connectivity index (χ0) is 11.1. The summed E-state index contributed by atoms with van der Waals surface area (Å²) in [7, 11) is 0. The summed E-state index contributed by atoms with van der Waals surface area (Å²) in [5.41, 5.74) is 7.31. The molecule has 0 atom stereocenters. The van der Waals surface area contributed by atoms with Crippen LogP contribution in [0.4, 0.5) is 10.3 Å². The maximum absolute atomic E-state index is 13.2. The Hall–Kier alpha value is -1.71. The monoisotopic (exact) mass is 217 g/mol. The average Bonchev–Trinajstić information content (AvgIpc) is 2.16. The number of halogens is 1. The van der Waals surface area contributed by atoms with Crippen LogP contribution in [0.15, 0.2) is 18.2 Å². The molecule has 1 aliphatic rings. The van der Waals surface area contributed by atoms with E-state index in [1.54, 1.807) is 6.07 Å². The first-order chi connectivity index (χ1) is 7.74. The Kier molecular flexibility index (Phi) is 2.02. The lowest BCUT2D eigenvalue weighted by Crippen LogP contribution is -2.13. The lowest BCUT2D eigenvalue weighted by Gasteiger charge is -2.25. The molecular weight excluding hydrogens is 205 g/mol. The summed E-state index contributed by atoms with van der Waals surface area (Å²) in [5, 5.41) is 0.805. The standard InChI is InChI=1S/C12H12FN3/c13-8-4-5-10-9(6-8)11(7-2-1-3-7)16-12(14)15-10/h4-7H,1-3H2,(H2,14,15,16).